The molecule has 3 atom stereocenters. The monoisotopic (exact) mass is 386 g/mol. The molecule has 1 heterocycles. The Morgan fingerprint density at radius 2 is 1.31 bits per heavy atom. The summed E-state index contributed by atoms with van der Waals surface area (Å²) < 4.78 is 19.2. The molecule has 0 amide bonds. The van der Waals surface area contributed by atoms with Crippen LogP contribution in [0.25, 0.3) is 0 Å². The second kappa shape index (κ2) is 7.85. The van der Waals surface area contributed by atoms with Crippen molar-refractivity contribution in [3.05, 3.63) is 0 Å². The minimum absolute atomic E-state index is 0.0625. The van der Waals surface area contributed by atoms with Crippen molar-refractivity contribution in [2.45, 2.75) is 105 Å². The molecule has 1 aliphatic carbocycles. The molecular weight excluding hydrogens is 343 g/mol. The van der Waals surface area contributed by atoms with E-state index in [1.165, 1.54) is 12.8 Å². The third kappa shape index (κ3) is 4.93. The summed E-state index contributed by atoms with van der Waals surface area (Å²) in [6, 6.07) is 0.663. The average molecular weight is 387 g/mol. The first kappa shape index (κ1) is 22.4. The molecule has 2 aliphatic rings. The van der Waals surface area contributed by atoms with E-state index in [1.54, 1.807) is 0 Å². The van der Waals surface area contributed by atoms with Gasteiger partial charge >= 0.3 is 0 Å². The maximum Gasteiger partial charge on any atom is 0.244 e. The van der Waals surface area contributed by atoms with E-state index in [2.05, 4.69) is 64.7 Å². The molecule has 26 heavy (non-hydrogen) atoms. The summed E-state index contributed by atoms with van der Waals surface area (Å²) in [5, 5.41) is 11.2. The summed E-state index contributed by atoms with van der Waals surface area (Å²) in [6.07, 6.45) is 5.26. The fourth-order valence-corrected chi connectivity index (χ4v) is 8.99. The van der Waals surface area contributed by atoms with E-state index in [4.69, 9.17) is 0 Å². The molecule has 0 radical (unpaired) electrons. The maximum atomic E-state index is 14.6. The Morgan fingerprint density at radius 3 is 1.62 bits per heavy atom. The number of fused-ring (bicyclic) bond motifs is 1. The van der Waals surface area contributed by atoms with Crippen LogP contribution < -0.4 is 0 Å². The molecule has 1 saturated carbocycles. The van der Waals surface area contributed by atoms with Gasteiger partial charge in [-0.2, -0.15) is 0 Å². The fourth-order valence-electron chi connectivity index (χ4n) is 4.67. The quantitative estimate of drug-likeness (QED) is 0.628. The number of rotatable bonds is 5. The summed E-state index contributed by atoms with van der Waals surface area (Å²) in [6.45, 7) is 19.1. The van der Waals surface area contributed by atoms with Crippen molar-refractivity contribution in [3.8, 4) is 0 Å². The standard InChI is InChI=1S/C21H43N2O2P/c1-16(2)13-19(24)26(25)22(14-20(3,4)5)17-11-9-10-12-18(17)23(26)15-21(6,7)8/h16-19,24H,9-15H2,1-8H3/t17-,18-,19?/m1/s1. The molecule has 0 aromatic rings. The Balaban J connectivity index is 2.49. The predicted octanol–water partition coefficient (Wildman–Crippen LogP) is 5.57. The predicted molar refractivity (Wildman–Crippen MR) is 111 cm³/mol. The first-order valence-electron chi connectivity index (χ1n) is 10.6. The Kier molecular flexibility index (Phi) is 6.77. The Labute approximate surface area is 162 Å². The van der Waals surface area contributed by atoms with Crippen LogP contribution in [0.4, 0.5) is 0 Å². The van der Waals surface area contributed by atoms with Crippen LogP contribution in [0.5, 0.6) is 0 Å². The normalized spacial score (nSPS) is 29.2. The molecule has 1 aliphatic heterocycles. The van der Waals surface area contributed by atoms with Crippen LogP contribution in [-0.2, 0) is 4.57 Å². The maximum absolute atomic E-state index is 14.6. The summed E-state index contributed by atoms with van der Waals surface area (Å²) >= 11 is 0. The van der Waals surface area contributed by atoms with Crippen LogP contribution >= 0.6 is 7.44 Å². The van der Waals surface area contributed by atoms with Crippen molar-refractivity contribution < 1.29 is 9.67 Å². The molecule has 5 heteroatoms. The highest BCUT2D eigenvalue weighted by molar-refractivity contribution is 7.60. The van der Waals surface area contributed by atoms with E-state index in [-0.39, 0.29) is 10.8 Å². The van der Waals surface area contributed by atoms with Gasteiger partial charge in [0.15, 0.2) is 0 Å². The summed E-state index contributed by atoms with van der Waals surface area (Å²) in [4.78, 5) is 0. The van der Waals surface area contributed by atoms with Gasteiger partial charge in [-0.1, -0.05) is 68.2 Å². The highest BCUT2D eigenvalue weighted by atomic mass is 31.2. The zero-order valence-corrected chi connectivity index (χ0v) is 19.4. The SMILES string of the molecule is CC(C)CC(O)P1(=O)N(CC(C)(C)C)[C@@H]2CCCC[C@H]2N1CC(C)(C)C. The lowest BCUT2D eigenvalue weighted by molar-refractivity contribution is 0.159. The molecule has 2 fully saturated rings. The van der Waals surface area contributed by atoms with Crippen LogP contribution in [0.2, 0.25) is 0 Å². The highest BCUT2D eigenvalue weighted by Crippen LogP contribution is 2.67. The summed E-state index contributed by atoms with van der Waals surface area (Å²) in [5.74, 6) is -0.413. The first-order valence-corrected chi connectivity index (χ1v) is 12.3. The number of nitrogens with zero attached hydrogens (tertiary/aromatic N) is 2. The lowest BCUT2D eigenvalue weighted by Gasteiger charge is -2.40. The molecule has 1 N–H and O–H groups in total. The van der Waals surface area contributed by atoms with Gasteiger partial charge in [-0.3, -0.25) is 4.57 Å². The third-order valence-electron chi connectivity index (χ3n) is 5.54. The molecule has 1 unspecified atom stereocenters. The molecule has 2 rings (SSSR count). The zero-order chi connectivity index (χ0) is 19.9. The molecule has 0 aromatic carbocycles. The van der Waals surface area contributed by atoms with Gasteiger partial charge in [0.05, 0.1) is 0 Å². The molecule has 0 aromatic heterocycles. The van der Waals surface area contributed by atoms with Crippen LogP contribution in [0.3, 0.4) is 0 Å². The zero-order valence-electron chi connectivity index (χ0n) is 18.5. The smallest absolute Gasteiger partial charge is 0.244 e. The van der Waals surface area contributed by atoms with E-state index in [0.29, 0.717) is 24.4 Å². The number of hydrogen-bond donors (Lipinski definition) is 1. The molecule has 4 nitrogen and oxygen atoms in total. The van der Waals surface area contributed by atoms with Gasteiger partial charge in [-0.15, -0.1) is 0 Å². The van der Waals surface area contributed by atoms with Gasteiger partial charge in [0, 0.05) is 25.2 Å². The van der Waals surface area contributed by atoms with E-state index in [1.807, 2.05) is 0 Å². The van der Waals surface area contributed by atoms with Crippen molar-refractivity contribution >= 4 is 7.44 Å². The van der Waals surface area contributed by atoms with Crippen molar-refractivity contribution in [2.24, 2.45) is 16.7 Å². The van der Waals surface area contributed by atoms with Gasteiger partial charge < -0.3 is 5.11 Å². The fraction of sp³-hybridized carbons (Fsp3) is 1.00. The largest absolute Gasteiger partial charge is 0.383 e. The average Bonchev–Trinajstić information content (AvgIpc) is 2.67. The van der Waals surface area contributed by atoms with Gasteiger partial charge in [-0.25, -0.2) is 9.34 Å². The molecule has 0 spiro atoms. The van der Waals surface area contributed by atoms with Crippen LogP contribution in [0, 0.1) is 16.7 Å². The summed E-state index contributed by atoms with van der Waals surface area (Å²) in [7, 11) is -3.01. The van der Waals surface area contributed by atoms with E-state index >= 15 is 0 Å². The number of hydrogen-bond acceptors (Lipinski definition) is 2. The second-order valence-corrected chi connectivity index (χ2v) is 14.2. The molecule has 1 saturated heterocycles. The Morgan fingerprint density at radius 1 is 0.923 bits per heavy atom. The Hall–Kier alpha value is 0.110. The van der Waals surface area contributed by atoms with Gasteiger partial charge in [0.2, 0.25) is 7.44 Å². The van der Waals surface area contributed by atoms with Gasteiger partial charge in [-0.05, 0) is 36.0 Å². The lowest BCUT2D eigenvalue weighted by atomic mass is 9.87. The van der Waals surface area contributed by atoms with E-state index < -0.39 is 13.3 Å². The summed E-state index contributed by atoms with van der Waals surface area (Å²) in [5.41, 5.74) is 0.125. The van der Waals surface area contributed by atoms with Gasteiger partial charge in [0.1, 0.15) is 5.85 Å². The number of aliphatic hydroxyl groups excluding tert-OH is 1. The van der Waals surface area contributed by atoms with Crippen LogP contribution in [0.15, 0.2) is 0 Å². The van der Waals surface area contributed by atoms with Gasteiger partial charge in [0.25, 0.3) is 0 Å². The highest BCUT2D eigenvalue weighted by Gasteiger charge is 2.58. The Bertz CT molecular complexity index is 485. The second-order valence-electron chi connectivity index (χ2n) is 11.4. The topological polar surface area (TPSA) is 43.8 Å². The van der Waals surface area contributed by atoms with Crippen LogP contribution in [0.1, 0.15) is 87.5 Å². The van der Waals surface area contributed by atoms with E-state index in [0.717, 1.165) is 25.9 Å². The van der Waals surface area contributed by atoms with Crippen molar-refractivity contribution in [1.29, 1.82) is 0 Å². The minimum atomic E-state index is -3.01. The lowest BCUT2D eigenvalue weighted by Crippen LogP contribution is -2.43. The molecule has 154 valence electrons. The van der Waals surface area contributed by atoms with Crippen LogP contribution in [-0.4, -0.2) is 45.5 Å². The molecule has 0 bridgehead atoms. The van der Waals surface area contributed by atoms with E-state index in [9.17, 15) is 9.67 Å². The van der Waals surface area contributed by atoms with Crippen molar-refractivity contribution in [3.63, 3.8) is 0 Å². The minimum Gasteiger partial charge on any atom is -0.383 e. The van der Waals surface area contributed by atoms with Crippen molar-refractivity contribution in [1.82, 2.24) is 9.34 Å². The molecular formula is C21H43N2O2P. The number of aliphatic hydroxyl groups is 1. The third-order valence-corrected chi connectivity index (χ3v) is 8.87. The first-order chi connectivity index (χ1) is 11.8. The van der Waals surface area contributed by atoms with Crippen molar-refractivity contribution in [2.75, 3.05) is 13.1 Å².